The lowest BCUT2D eigenvalue weighted by Gasteiger charge is -2.29. The molecule has 0 aliphatic carbocycles. The molecule has 36 heavy (non-hydrogen) atoms. The Bertz CT molecular complexity index is 1210. The summed E-state index contributed by atoms with van der Waals surface area (Å²) in [6, 6.07) is 15.9. The largest absolute Gasteiger partial charge is 0.356 e. The Morgan fingerprint density at radius 1 is 0.806 bits per heavy atom. The normalized spacial score (nSPS) is 15.7. The van der Waals surface area contributed by atoms with Crippen molar-refractivity contribution in [3.8, 4) is 22.4 Å². The molecular formula is C32H40FN3. The highest BCUT2D eigenvalue weighted by atomic mass is 19.1. The second-order valence-corrected chi connectivity index (χ2v) is 10.8. The Labute approximate surface area is 216 Å². The number of rotatable bonds is 7. The second kappa shape index (κ2) is 10.5. The SMILES string of the molecule is CCN1C=CN(c2cc(-c3c(C(C)C)cc(C(C)C)cc3C(C)C)cc(-c3ccc(F)cc3)n2)C1C. The molecule has 4 heteroatoms. The summed E-state index contributed by atoms with van der Waals surface area (Å²) in [5, 5.41) is 0. The molecule has 1 aromatic heterocycles. The molecule has 190 valence electrons. The Kier molecular flexibility index (Phi) is 7.54. The smallest absolute Gasteiger partial charge is 0.135 e. The molecule has 3 nitrogen and oxygen atoms in total. The second-order valence-electron chi connectivity index (χ2n) is 10.8. The molecule has 0 fully saturated rings. The molecule has 0 amide bonds. The average molecular weight is 486 g/mol. The first-order valence-electron chi connectivity index (χ1n) is 13.3. The Morgan fingerprint density at radius 2 is 1.42 bits per heavy atom. The lowest BCUT2D eigenvalue weighted by atomic mass is 9.81. The number of anilines is 1. The monoisotopic (exact) mass is 485 g/mol. The molecule has 1 aliphatic rings. The number of nitrogens with zero attached hydrogens (tertiary/aromatic N) is 3. The van der Waals surface area contributed by atoms with E-state index < -0.39 is 0 Å². The molecule has 0 radical (unpaired) electrons. The van der Waals surface area contributed by atoms with Gasteiger partial charge in [-0.25, -0.2) is 9.37 Å². The zero-order valence-electron chi connectivity index (χ0n) is 23.0. The Balaban J connectivity index is 1.99. The first-order valence-corrected chi connectivity index (χ1v) is 13.3. The van der Waals surface area contributed by atoms with Crippen LogP contribution in [0.3, 0.4) is 0 Å². The minimum Gasteiger partial charge on any atom is -0.356 e. The Hall–Kier alpha value is -3.14. The van der Waals surface area contributed by atoms with Gasteiger partial charge in [0.15, 0.2) is 0 Å². The standard InChI is InChI=1S/C32H40FN3/c1-9-35-14-15-36(23(35)8)31-19-26(18-30(34-31)24-10-12-27(33)13-11-24)32-28(21(4)5)16-25(20(2)3)17-29(32)22(6)7/h10-23H,9H2,1-8H3. The van der Waals surface area contributed by atoms with E-state index in [1.807, 2.05) is 12.1 Å². The van der Waals surface area contributed by atoms with Gasteiger partial charge >= 0.3 is 0 Å². The van der Waals surface area contributed by atoms with Gasteiger partial charge in [0.1, 0.15) is 17.8 Å². The van der Waals surface area contributed by atoms with Crippen molar-refractivity contribution in [2.45, 2.75) is 79.3 Å². The molecule has 0 bridgehead atoms. The highest BCUT2D eigenvalue weighted by molar-refractivity contribution is 5.79. The maximum atomic E-state index is 13.7. The fourth-order valence-electron chi connectivity index (χ4n) is 5.05. The first-order chi connectivity index (χ1) is 17.1. The number of aromatic nitrogens is 1. The van der Waals surface area contributed by atoms with Gasteiger partial charge in [-0.05, 0) is 95.8 Å². The van der Waals surface area contributed by atoms with E-state index in [1.165, 1.54) is 34.4 Å². The lowest BCUT2D eigenvalue weighted by Crippen LogP contribution is -2.36. The van der Waals surface area contributed by atoms with Crippen LogP contribution >= 0.6 is 0 Å². The van der Waals surface area contributed by atoms with Crippen molar-refractivity contribution in [3.05, 3.63) is 83.4 Å². The van der Waals surface area contributed by atoms with E-state index in [-0.39, 0.29) is 12.0 Å². The minimum atomic E-state index is -0.238. The zero-order chi connectivity index (χ0) is 26.1. The van der Waals surface area contributed by atoms with E-state index in [9.17, 15) is 4.39 Å². The maximum Gasteiger partial charge on any atom is 0.135 e. The van der Waals surface area contributed by atoms with E-state index in [1.54, 1.807) is 0 Å². The molecule has 0 spiro atoms. The van der Waals surface area contributed by atoms with Gasteiger partial charge in [-0.3, -0.25) is 0 Å². The van der Waals surface area contributed by atoms with Crippen LogP contribution in [-0.4, -0.2) is 22.6 Å². The fourth-order valence-corrected chi connectivity index (χ4v) is 5.05. The van der Waals surface area contributed by atoms with E-state index in [0.717, 1.165) is 29.2 Å². The molecule has 1 atom stereocenters. The van der Waals surface area contributed by atoms with Crippen molar-refractivity contribution >= 4 is 5.82 Å². The van der Waals surface area contributed by atoms with Gasteiger partial charge in [0, 0.05) is 24.5 Å². The highest BCUT2D eigenvalue weighted by Crippen LogP contribution is 2.41. The predicted molar refractivity (Wildman–Crippen MR) is 151 cm³/mol. The van der Waals surface area contributed by atoms with Crippen LogP contribution in [0.5, 0.6) is 0 Å². The van der Waals surface area contributed by atoms with Crippen LogP contribution in [0.25, 0.3) is 22.4 Å². The number of benzene rings is 2. The topological polar surface area (TPSA) is 19.4 Å². The van der Waals surface area contributed by atoms with Crippen LogP contribution in [0.2, 0.25) is 0 Å². The molecule has 0 N–H and O–H groups in total. The van der Waals surface area contributed by atoms with Crippen LogP contribution in [0.1, 0.15) is 89.8 Å². The third-order valence-corrected chi connectivity index (χ3v) is 7.30. The highest BCUT2D eigenvalue weighted by Gasteiger charge is 2.25. The quantitative estimate of drug-likeness (QED) is 0.333. The van der Waals surface area contributed by atoms with Gasteiger partial charge in [-0.15, -0.1) is 0 Å². The van der Waals surface area contributed by atoms with Crippen molar-refractivity contribution in [2.75, 3.05) is 11.4 Å². The summed E-state index contributed by atoms with van der Waals surface area (Å²) in [7, 11) is 0. The van der Waals surface area contributed by atoms with Gasteiger partial charge in [-0.2, -0.15) is 0 Å². The van der Waals surface area contributed by atoms with E-state index in [2.05, 4.69) is 102 Å². The van der Waals surface area contributed by atoms with Gasteiger partial charge in [-0.1, -0.05) is 53.7 Å². The van der Waals surface area contributed by atoms with Crippen molar-refractivity contribution in [3.63, 3.8) is 0 Å². The third-order valence-electron chi connectivity index (χ3n) is 7.30. The molecular weight excluding hydrogens is 445 g/mol. The number of hydrogen-bond donors (Lipinski definition) is 0. The summed E-state index contributed by atoms with van der Waals surface area (Å²) >= 11 is 0. The molecule has 1 aliphatic heterocycles. The molecule has 4 rings (SSSR count). The average Bonchev–Trinajstić information content (AvgIpc) is 3.23. The van der Waals surface area contributed by atoms with Gasteiger partial charge in [0.05, 0.1) is 5.69 Å². The summed E-state index contributed by atoms with van der Waals surface area (Å²) in [4.78, 5) is 9.60. The van der Waals surface area contributed by atoms with Crippen molar-refractivity contribution in [2.24, 2.45) is 0 Å². The van der Waals surface area contributed by atoms with Crippen LogP contribution in [0.4, 0.5) is 10.2 Å². The van der Waals surface area contributed by atoms with Crippen molar-refractivity contribution < 1.29 is 4.39 Å². The third kappa shape index (κ3) is 5.04. The molecule has 2 aromatic carbocycles. The number of pyridine rings is 1. The summed E-state index contributed by atoms with van der Waals surface area (Å²) in [5.74, 6) is 1.89. The van der Waals surface area contributed by atoms with E-state index >= 15 is 0 Å². The fraction of sp³-hybridized carbons (Fsp3) is 0.406. The van der Waals surface area contributed by atoms with Crippen LogP contribution in [-0.2, 0) is 0 Å². The molecule has 0 saturated heterocycles. The number of hydrogen-bond acceptors (Lipinski definition) is 3. The van der Waals surface area contributed by atoms with Crippen molar-refractivity contribution in [1.82, 2.24) is 9.88 Å². The zero-order valence-corrected chi connectivity index (χ0v) is 23.0. The molecule has 3 aromatic rings. The van der Waals surface area contributed by atoms with Gasteiger partial charge in [0.2, 0.25) is 0 Å². The Morgan fingerprint density at radius 3 is 1.92 bits per heavy atom. The first kappa shape index (κ1) is 25.9. The maximum absolute atomic E-state index is 13.7. The van der Waals surface area contributed by atoms with E-state index in [0.29, 0.717) is 17.8 Å². The number of halogens is 1. The molecule has 1 unspecified atom stereocenters. The lowest BCUT2D eigenvalue weighted by molar-refractivity contribution is 0.334. The summed E-state index contributed by atoms with van der Waals surface area (Å²) in [6.07, 6.45) is 4.42. The van der Waals surface area contributed by atoms with Gasteiger partial charge < -0.3 is 9.80 Å². The predicted octanol–water partition coefficient (Wildman–Crippen LogP) is 8.88. The van der Waals surface area contributed by atoms with Gasteiger partial charge in [0.25, 0.3) is 0 Å². The minimum absolute atomic E-state index is 0.177. The molecule has 0 saturated carbocycles. The van der Waals surface area contributed by atoms with Crippen LogP contribution in [0, 0.1) is 5.82 Å². The van der Waals surface area contributed by atoms with Crippen molar-refractivity contribution in [1.29, 1.82) is 0 Å². The summed E-state index contributed by atoms with van der Waals surface area (Å²) < 4.78 is 13.7. The summed E-state index contributed by atoms with van der Waals surface area (Å²) in [6.45, 7) is 18.9. The van der Waals surface area contributed by atoms with E-state index in [4.69, 9.17) is 4.98 Å². The summed E-state index contributed by atoms with van der Waals surface area (Å²) in [5.41, 5.74) is 8.36. The molecule has 2 heterocycles. The van der Waals surface area contributed by atoms with Crippen LogP contribution in [0.15, 0.2) is 60.9 Å². The van der Waals surface area contributed by atoms with Crippen LogP contribution < -0.4 is 4.90 Å².